The third-order valence-electron chi connectivity index (χ3n) is 4.16. The smallest absolute Gasteiger partial charge is 0.406 e. The molecule has 0 spiro atoms. The number of alkyl halides is 3. The Kier molecular flexibility index (Phi) is 5.14. The third kappa shape index (κ3) is 5.23. The van der Waals surface area contributed by atoms with Gasteiger partial charge in [-0.3, -0.25) is 0 Å². The summed E-state index contributed by atoms with van der Waals surface area (Å²) in [5.41, 5.74) is 0.968. The van der Waals surface area contributed by atoms with Gasteiger partial charge in [0.25, 0.3) is 0 Å². The Morgan fingerprint density at radius 2 is 1.81 bits per heavy atom. The molecule has 0 bridgehead atoms. The summed E-state index contributed by atoms with van der Waals surface area (Å²) in [6, 6.07) is 6.55. The molecule has 0 heterocycles. The maximum atomic E-state index is 12.1. The first-order valence-electron chi connectivity index (χ1n) is 7.41. The van der Waals surface area contributed by atoms with Crippen LogP contribution in [0.25, 0.3) is 0 Å². The first-order chi connectivity index (χ1) is 9.83. The summed E-state index contributed by atoms with van der Waals surface area (Å²) in [5, 5.41) is 3.51. The average Bonchev–Trinajstić information content (AvgIpc) is 2.38. The van der Waals surface area contributed by atoms with Crippen molar-refractivity contribution in [2.75, 3.05) is 0 Å². The quantitative estimate of drug-likeness (QED) is 0.884. The molecule has 1 N–H and O–H groups in total. The molecule has 1 fully saturated rings. The number of hydrogen-bond acceptors (Lipinski definition) is 2. The molecule has 0 radical (unpaired) electrons. The fraction of sp³-hybridized carbons (Fsp3) is 0.625. The van der Waals surface area contributed by atoms with Crippen molar-refractivity contribution in [2.45, 2.75) is 52.1 Å². The number of hydrogen-bond donors (Lipinski definition) is 1. The molecule has 0 saturated heterocycles. The van der Waals surface area contributed by atoms with Crippen LogP contribution in [0.2, 0.25) is 0 Å². The monoisotopic (exact) mass is 301 g/mol. The van der Waals surface area contributed by atoms with Crippen LogP contribution < -0.4 is 10.1 Å². The predicted molar refractivity (Wildman–Crippen MR) is 75.9 cm³/mol. The van der Waals surface area contributed by atoms with Gasteiger partial charge in [-0.05, 0) is 48.8 Å². The van der Waals surface area contributed by atoms with Crippen molar-refractivity contribution in [3.63, 3.8) is 0 Å². The zero-order valence-electron chi connectivity index (χ0n) is 12.4. The molecule has 1 aromatic rings. The highest BCUT2D eigenvalue weighted by atomic mass is 19.4. The number of nitrogens with one attached hydrogen (secondary N) is 1. The Bertz CT molecular complexity index is 444. The summed E-state index contributed by atoms with van der Waals surface area (Å²) < 4.78 is 40.1. The minimum atomic E-state index is -4.63. The van der Waals surface area contributed by atoms with Gasteiger partial charge < -0.3 is 10.1 Å². The average molecular weight is 301 g/mol. The fourth-order valence-corrected chi connectivity index (χ4v) is 3.03. The van der Waals surface area contributed by atoms with Crippen LogP contribution in [-0.2, 0) is 6.54 Å². The highest BCUT2D eigenvalue weighted by molar-refractivity contribution is 5.27. The molecule has 1 aromatic carbocycles. The largest absolute Gasteiger partial charge is 0.573 e. The van der Waals surface area contributed by atoms with E-state index in [1.54, 1.807) is 12.1 Å². The molecule has 3 atom stereocenters. The molecule has 1 aliphatic rings. The molecule has 0 amide bonds. The van der Waals surface area contributed by atoms with Crippen LogP contribution in [0.1, 0.15) is 38.7 Å². The van der Waals surface area contributed by atoms with E-state index in [9.17, 15) is 13.2 Å². The van der Waals surface area contributed by atoms with E-state index in [2.05, 4.69) is 23.9 Å². The fourth-order valence-electron chi connectivity index (χ4n) is 3.03. The SMILES string of the molecule is CC1CCC(NCc2ccc(OC(F)(F)F)cc2)C(C)C1. The second-order valence-corrected chi connectivity index (χ2v) is 6.07. The number of rotatable bonds is 4. The van der Waals surface area contributed by atoms with E-state index in [4.69, 9.17) is 0 Å². The van der Waals surface area contributed by atoms with Crippen molar-refractivity contribution in [3.8, 4) is 5.75 Å². The maximum absolute atomic E-state index is 12.1. The second-order valence-electron chi connectivity index (χ2n) is 6.07. The lowest BCUT2D eigenvalue weighted by Crippen LogP contribution is -2.38. The summed E-state index contributed by atoms with van der Waals surface area (Å²) >= 11 is 0. The highest BCUT2D eigenvalue weighted by Crippen LogP contribution is 2.29. The molecular formula is C16H22F3NO. The summed E-state index contributed by atoms with van der Waals surface area (Å²) in [6.45, 7) is 5.22. The van der Waals surface area contributed by atoms with E-state index in [-0.39, 0.29) is 5.75 Å². The van der Waals surface area contributed by atoms with Crippen LogP contribution >= 0.6 is 0 Å². The van der Waals surface area contributed by atoms with E-state index in [1.807, 2.05) is 0 Å². The minimum absolute atomic E-state index is 0.175. The van der Waals surface area contributed by atoms with Crippen molar-refractivity contribution in [1.82, 2.24) is 5.32 Å². The molecule has 3 unspecified atom stereocenters. The van der Waals surface area contributed by atoms with Crippen molar-refractivity contribution in [1.29, 1.82) is 0 Å². The van der Waals surface area contributed by atoms with Crippen LogP contribution in [0.15, 0.2) is 24.3 Å². The maximum Gasteiger partial charge on any atom is 0.573 e. The zero-order valence-corrected chi connectivity index (χ0v) is 12.4. The van der Waals surface area contributed by atoms with Gasteiger partial charge in [-0.2, -0.15) is 0 Å². The van der Waals surface area contributed by atoms with E-state index < -0.39 is 6.36 Å². The summed E-state index contributed by atoms with van der Waals surface area (Å²) in [7, 11) is 0. The Labute approximate surface area is 123 Å². The van der Waals surface area contributed by atoms with E-state index in [1.165, 1.54) is 25.0 Å². The Morgan fingerprint density at radius 1 is 1.14 bits per heavy atom. The van der Waals surface area contributed by atoms with Gasteiger partial charge in [0.1, 0.15) is 5.75 Å². The molecule has 2 nitrogen and oxygen atoms in total. The highest BCUT2D eigenvalue weighted by Gasteiger charge is 2.31. The standard InChI is InChI=1S/C16H22F3NO/c1-11-3-8-15(12(2)9-11)20-10-13-4-6-14(7-5-13)21-16(17,18)19/h4-7,11-12,15,20H,3,8-10H2,1-2H3. The van der Waals surface area contributed by atoms with E-state index >= 15 is 0 Å². The topological polar surface area (TPSA) is 21.3 Å². The van der Waals surface area contributed by atoms with E-state index in [0.717, 1.165) is 17.9 Å². The lowest BCUT2D eigenvalue weighted by molar-refractivity contribution is -0.274. The molecule has 118 valence electrons. The van der Waals surface area contributed by atoms with Crippen LogP contribution in [0.4, 0.5) is 13.2 Å². The van der Waals surface area contributed by atoms with Crippen molar-refractivity contribution < 1.29 is 17.9 Å². The Morgan fingerprint density at radius 3 is 2.38 bits per heavy atom. The lowest BCUT2D eigenvalue weighted by Gasteiger charge is -2.33. The molecule has 0 aromatic heterocycles. The van der Waals surface area contributed by atoms with Crippen molar-refractivity contribution in [3.05, 3.63) is 29.8 Å². The molecule has 1 saturated carbocycles. The van der Waals surface area contributed by atoms with Gasteiger partial charge in [0.15, 0.2) is 0 Å². The third-order valence-corrected chi connectivity index (χ3v) is 4.16. The zero-order chi connectivity index (χ0) is 15.5. The summed E-state index contributed by atoms with van der Waals surface area (Å²) in [5.74, 6) is 1.25. The Hall–Kier alpha value is -1.23. The number of halogens is 3. The number of benzene rings is 1. The van der Waals surface area contributed by atoms with Gasteiger partial charge in [-0.15, -0.1) is 13.2 Å². The molecule has 5 heteroatoms. The second kappa shape index (κ2) is 6.69. The molecule has 21 heavy (non-hydrogen) atoms. The summed E-state index contributed by atoms with van der Waals surface area (Å²) in [4.78, 5) is 0. The lowest BCUT2D eigenvalue weighted by atomic mass is 9.80. The van der Waals surface area contributed by atoms with Crippen molar-refractivity contribution in [2.24, 2.45) is 11.8 Å². The van der Waals surface area contributed by atoms with Gasteiger partial charge in [-0.1, -0.05) is 26.0 Å². The van der Waals surface area contributed by atoms with Gasteiger partial charge in [-0.25, -0.2) is 0 Å². The first kappa shape index (κ1) is 16.1. The van der Waals surface area contributed by atoms with E-state index in [0.29, 0.717) is 18.5 Å². The molecule has 2 rings (SSSR count). The van der Waals surface area contributed by atoms with Crippen molar-refractivity contribution >= 4 is 0 Å². The van der Waals surface area contributed by atoms with Gasteiger partial charge >= 0.3 is 6.36 Å². The minimum Gasteiger partial charge on any atom is -0.406 e. The predicted octanol–water partition coefficient (Wildman–Crippen LogP) is 4.50. The van der Waals surface area contributed by atoms with Gasteiger partial charge in [0.2, 0.25) is 0 Å². The first-order valence-corrected chi connectivity index (χ1v) is 7.41. The van der Waals surface area contributed by atoms with Crippen LogP contribution in [-0.4, -0.2) is 12.4 Å². The number of ether oxygens (including phenoxy) is 1. The summed E-state index contributed by atoms with van der Waals surface area (Å²) in [6.07, 6.45) is -0.998. The molecular weight excluding hydrogens is 279 g/mol. The van der Waals surface area contributed by atoms with Crippen LogP contribution in [0.5, 0.6) is 5.75 Å². The molecule has 1 aliphatic carbocycles. The Balaban J connectivity index is 1.83. The molecule has 0 aliphatic heterocycles. The normalized spacial score (nSPS) is 26.6. The van der Waals surface area contributed by atoms with Gasteiger partial charge in [0.05, 0.1) is 0 Å². The van der Waals surface area contributed by atoms with Crippen LogP contribution in [0, 0.1) is 11.8 Å². The van der Waals surface area contributed by atoms with Gasteiger partial charge in [0, 0.05) is 12.6 Å². The van der Waals surface area contributed by atoms with Crippen LogP contribution in [0.3, 0.4) is 0 Å².